The number of ketones is 1. The Morgan fingerprint density at radius 3 is 3.00 bits per heavy atom. The van der Waals surface area contributed by atoms with Crippen LogP contribution in [0.3, 0.4) is 0 Å². The van der Waals surface area contributed by atoms with Gasteiger partial charge in [-0.25, -0.2) is 15.0 Å². The van der Waals surface area contributed by atoms with Crippen LogP contribution in [-0.4, -0.2) is 32.4 Å². The standard InChI is InChI=1S/C17H14N4O3S/c22-13-6-3-5-11-10(13)8-18-16(19-11)21-15(23)9-25-17-20-12-4-1-2-7-14(12)24-17/h1-2,4,7-8H,3,5-6,9H2,(H,18,19,21,23). The van der Waals surface area contributed by atoms with E-state index in [1.54, 1.807) is 0 Å². The lowest BCUT2D eigenvalue weighted by molar-refractivity contribution is -0.113. The molecule has 1 aromatic carbocycles. The molecule has 0 spiro atoms. The Bertz CT molecular complexity index is 936. The van der Waals surface area contributed by atoms with Crippen LogP contribution in [0.2, 0.25) is 0 Å². The van der Waals surface area contributed by atoms with Gasteiger partial charge in [-0.2, -0.15) is 0 Å². The first-order valence-corrected chi connectivity index (χ1v) is 8.85. The summed E-state index contributed by atoms with van der Waals surface area (Å²) in [4.78, 5) is 36.5. The van der Waals surface area contributed by atoms with E-state index in [9.17, 15) is 9.59 Å². The summed E-state index contributed by atoms with van der Waals surface area (Å²) in [5, 5.41) is 3.09. The van der Waals surface area contributed by atoms with Gasteiger partial charge in [-0.05, 0) is 25.0 Å². The number of fused-ring (bicyclic) bond motifs is 2. The number of thioether (sulfide) groups is 1. The third-order valence-corrected chi connectivity index (χ3v) is 4.67. The quantitative estimate of drug-likeness (QED) is 0.719. The minimum Gasteiger partial charge on any atom is -0.431 e. The van der Waals surface area contributed by atoms with E-state index < -0.39 is 0 Å². The Morgan fingerprint density at radius 1 is 1.24 bits per heavy atom. The molecular formula is C17H14N4O3S. The molecule has 0 aliphatic heterocycles. The Labute approximate surface area is 147 Å². The topological polar surface area (TPSA) is 98.0 Å². The van der Waals surface area contributed by atoms with Crippen LogP contribution in [0.15, 0.2) is 40.1 Å². The van der Waals surface area contributed by atoms with Gasteiger partial charge in [0.2, 0.25) is 11.9 Å². The summed E-state index contributed by atoms with van der Waals surface area (Å²) < 4.78 is 5.56. The highest BCUT2D eigenvalue weighted by atomic mass is 32.2. The van der Waals surface area contributed by atoms with Crippen LogP contribution in [0.25, 0.3) is 11.1 Å². The SMILES string of the molecule is O=C(CSc1nc2ccccc2o1)Nc1ncc2c(n1)CCCC2=O. The maximum absolute atomic E-state index is 12.1. The number of aryl methyl sites for hydroxylation is 1. The van der Waals surface area contributed by atoms with Gasteiger partial charge >= 0.3 is 0 Å². The molecule has 0 bridgehead atoms. The lowest BCUT2D eigenvalue weighted by atomic mass is 9.96. The minimum absolute atomic E-state index is 0.0608. The summed E-state index contributed by atoms with van der Waals surface area (Å²) in [7, 11) is 0. The highest BCUT2D eigenvalue weighted by molar-refractivity contribution is 7.99. The summed E-state index contributed by atoms with van der Waals surface area (Å²) in [5.41, 5.74) is 2.71. The van der Waals surface area contributed by atoms with Crippen molar-refractivity contribution in [3.8, 4) is 0 Å². The third kappa shape index (κ3) is 3.39. The molecule has 4 rings (SSSR count). The fourth-order valence-corrected chi connectivity index (χ4v) is 3.29. The van der Waals surface area contributed by atoms with Gasteiger partial charge in [0.15, 0.2) is 11.4 Å². The van der Waals surface area contributed by atoms with E-state index in [1.807, 2.05) is 24.3 Å². The molecule has 0 saturated carbocycles. The summed E-state index contributed by atoms with van der Waals surface area (Å²) in [5.74, 6) is 0.156. The fourth-order valence-electron chi connectivity index (χ4n) is 2.65. The Kier molecular flexibility index (Phi) is 4.19. The van der Waals surface area contributed by atoms with E-state index >= 15 is 0 Å². The number of anilines is 1. The number of nitrogens with zero attached hydrogens (tertiary/aromatic N) is 3. The van der Waals surface area contributed by atoms with E-state index in [4.69, 9.17) is 4.42 Å². The van der Waals surface area contributed by atoms with Crippen molar-refractivity contribution >= 4 is 40.5 Å². The first-order chi connectivity index (χ1) is 12.2. The Morgan fingerprint density at radius 2 is 2.12 bits per heavy atom. The molecule has 2 heterocycles. The minimum atomic E-state index is -0.255. The van der Waals surface area contributed by atoms with Crippen LogP contribution in [-0.2, 0) is 11.2 Å². The molecule has 7 nitrogen and oxygen atoms in total. The molecule has 0 atom stereocenters. The van der Waals surface area contributed by atoms with Gasteiger partial charge in [0.05, 0.1) is 17.0 Å². The van der Waals surface area contributed by atoms with Gasteiger partial charge in [0, 0.05) is 12.6 Å². The Hall–Kier alpha value is -2.74. The number of aromatic nitrogens is 3. The Balaban J connectivity index is 1.39. The number of hydrogen-bond acceptors (Lipinski definition) is 7. The van der Waals surface area contributed by atoms with Gasteiger partial charge in [-0.1, -0.05) is 23.9 Å². The van der Waals surface area contributed by atoms with Crippen molar-refractivity contribution < 1.29 is 14.0 Å². The molecule has 2 aromatic heterocycles. The van der Waals surface area contributed by atoms with E-state index in [1.165, 1.54) is 18.0 Å². The smallest absolute Gasteiger partial charge is 0.257 e. The second kappa shape index (κ2) is 6.64. The molecule has 126 valence electrons. The van der Waals surface area contributed by atoms with E-state index in [0.717, 1.165) is 18.4 Å². The van der Waals surface area contributed by atoms with Crippen molar-refractivity contribution in [1.29, 1.82) is 0 Å². The maximum Gasteiger partial charge on any atom is 0.257 e. The van der Waals surface area contributed by atoms with Gasteiger partial charge in [0.25, 0.3) is 5.22 Å². The van der Waals surface area contributed by atoms with Crippen molar-refractivity contribution in [2.45, 2.75) is 24.5 Å². The van der Waals surface area contributed by atoms with Crippen LogP contribution in [0.1, 0.15) is 28.9 Å². The zero-order valence-electron chi connectivity index (χ0n) is 13.2. The fraction of sp³-hybridized carbons (Fsp3) is 0.235. The van der Waals surface area contributed by atoms with Crippen molar-refractivity contribution in [2.75, 3.05) is 11.1 Å². The van der Waals surface area contributed by atoms with Crippen LogP contribution in [0, 0.1) is 0 Å². The molecule has 3 aromatic rings. The first-order valence-electron chi connectivity index (χ1n) is 7.86. The zero-order chi connectivity index (χ0) is 17.2. The second-order valence-electron chi connectivity index (χ2n) is 5.62. The third-order valence-electron chi connectivity index (χ3n) is 3.84. The van der Waals surface area contributed by atoms with Crippen LogP contribution < -0.4 is 5.32 Å². The van der Waals surface area contributed by atoms with Gasteiger partial charge in [-0.3, -0.25) is 14.9 Å². The summed E-state index contributed by atoms with van der Waals surface area (Å²) in [6.45, 7) is 0. The number of oxazole rings is 1. The number of amides is 1. The lowest BCUT2D eigenvalue weighted by Crippen LogP contribution is -2.19. The summed E-state index contributed by atoms with van der Waals surface area (Å²) in [6.07, 6.45) is 3.53. The van der Waals surface area contributed by atoms with Crippen LogP contribution in [0.4, 0.5) is 5.95 Å². The normalized spacial score (nSPS) is 13.7. The highest BCUT2D eigenvalue weighted by Gasteiger charge is 2.20. The molecule has 1 amide bonds. The number of carbonyl (C=O) groups excluding carboxylic acids is 2. The average Bonchev–Trinajstić information content (AvgIpc) is 3.03. The summed E-state index contributed by atoms with van der Waals surface area (Å²) in [6, 6.07) is 7.43. The second-order valence-corrected chi connectivity index (χ2v) is 6.54. The number of nitrogens with one attached hydrogen (secondary N) is 1. The average molecular weight is 354 g/mol. The van der Waals surface area contributed by atoms with Crippen molar-refractivity contribution in [1.82, 2.24) is 15.0 Å². The van der Waals surface area contributed by atoms with Gasteiger partial charge < -0.3 is 4.42 Å². The molecule has 1 aliphatic rings. The number of carbonyl (C=O) groups is 2. The molecule has 1 aliphatic carbocycles. The lowest BCUT2D eigenvalue weighted by Gasteiger charge is -2.13. The zero-order valence-corrected chi connectivity index (χ0v) is 14.0. The molecular weight excluding hydrogens is 340 g/mol. The predicted octanol–water partition coefficient (Wildman–Crippen LogP) is 2.87. The van der Waals surface area contributed by atoms with Crippen LogP contribution in [0.5, 0.6) is 0 Å². The van der Waals surface area contributed by atoms with Crippen molar-refractivity contribution in [2.24, 2.45) is 0 Å². The van der Waals surface area contributed by atoms with Crippen LogP contribution >= 0.6 is 11.8 Å². The molecule has 0 radical (unpaired) electrons. The summed E-state index contributed by atoms with van der Waals surface area (Å²) >= 11 is 1.20. The van der Waals surface area contributed by atoms with E-state index in [2.05, 4.69) is 20.3 Å². The van der Waals surface area contributed by atoms with Gasteiger partial charge in [0.1, 0.15) is 5.52 Å². The largest absolute Gasteiger partial charge is 0.431 e. The number of Topliss-reactive ketones (excluding diaryl/α,β-unsaturated/α-hetero) is 1. The number of benzene rings is 1. The number of rotatable bonds is 4. The molecule has 1 N–H and O–H groups in total. The predicted molar refractivity (Wildman–Crippen MR) is 92.7 cm³/mol. The molecule has 25 heavy (non-hydrogen) atoms. The molecule has 8 heteroatoms. The monoisotopic (exact) mass is 354 g/mol. The molecule has 0 saturated heterocycles. The highest BCUT2D eigenvalue weighted by Crippen LogP contribution is 2.23. The molecule has 0 fully saturated rings. The number of para-hydroxylation sites is 2. The first kappa shape index (κ1) is 15.8. The van der Waals surface area contributed by atoms with Crippen molar-refractivity contribution in [3.63, 3.8) is 0 Å². The van der Waals surface area contributed by atoms with E-state index in [-0.39, 0.29) is 23.4 Å². The van der Waals surface area contributed by atoms with Crippen molar-refractivity contribution in [3.05, 3.63) is 41.7 Å². The van der Waals surface area contributed by atoms with Gasteiger partial charge in [-0.15, -0.1) is 0 Å². The van der Waals surface area contributed by atoms with E-state index in [0.29, 0.717) is 28.5 Å². The maximum atomic E-state index is 12.1. The number of hydrogen-bond donors (Lipinski definition) is 1. The molecule has 0 unspecified atom stereocenters.